The van der Waals surface area contributed by atoms with Crippen molar-refractivity contribution in [3.05, 3.63) is 57.6 Å². The molecule has 25 heavy (non-hydrogen) atoms. The molecule has 0 spiro atoms. The minimum atomic E-state index is -0.106. The molecule has 0 aliphatic rings. The first-order valence-corrected chi connectivity index (χ1v) is 8.98. The van der Waals surface area contributed by atoms with Gasteiger partial charge in [0.1, 0.15) is 11.5 Å². The number of benzene rings is 2. The summed E-state index contributed by atoms with van der Waals surface area (Å²) in [5.74, 6) is 0.734. The second-order valence-corrected chi connectivity index (χ2v) is 9.16. The maximum Gasteiger partial charge on any atom is 0.119 e. The van der Waals surface area contributed by atoms with E-state index in [1.165, 1.54) is 11.1 Å². The van der Waals surface area contributed by atoms with Gasteiger partial charge in [-0.05, 0) is 65.5 Å². The smallest absolute Gasteiger partial charge is 0.119 e. The van der Waals surface area contributed by atoms with Crippen LogP contribution < -0.4 is 0 Å². The zero-order chi connectivity index (χ0) is 19.2. The SMILES string of the molecule is Cc1c(Cc2ccc(O)c(C(C)(C)C)c2C)ccc(O)c1C(C)(C)C. The second kappa shape index (κ2) is 6.40. The number of hydrogen-bond acceptors (Lipinski definition) is 2. The molecule has 0 aliphatic heterocycles. The highest BCUT2D eigenvalue weighted by Gasteiger charge is 2.24. The van der Waals surface area contributed by atoms with E-state index in [4.69, 9.17) is 0 Å². The zero-order valence-electron chi connectivity index (χ0n) is 16.9. The minimum absolute atomic E-state index is 0.106. The predicted octanol–water partition coefficient (Wildman–Crippen LogP) is 5.90. The monoisotopic (exact) mass is 340 g/mol. The maximum absolute atomic E-state index is 10.3. The molecular weight excluding hydrogens is 308 g/mol. The van der Waals surface area contributed by atoms with Gasteiger partial charge in [-0.25, -0.2) is 0 Å². The van der Waals surface area contributed by atoms with Crippen LogP contribution in [-0.2, 0) is 17.3 Å². The maximum atomic E-state index is 10.3. The molecule has 0 saturated carbocycles. The Morgan fingerprint density at radius 2 is 0.960 bits per heavy atom. The van der Waals surface area contributed by atoms with Crippen LogP contribution in [0.4, 0.5) is 0 Å². The summed E-state index contributed by atoms with van der Waals surface area (Å²) in [4.78, 5) is 0. The lowest BCUT2D eigenvalue weighted by atomic mass is 9.79. The van der Waals surface area contributed by atoms with Crippen molar-refractivity contribution in [3.63, 3.8) is 0 Å². The third-order valence-corrected chi connectivity index (χ3v) is 4.99. The Morgan fingerprint density at radius 1 is 0.640 bits per heavy atom. The van der Waals surface area contributed by atoms with E-state index in [-0.39, 0.29) is 10.8 Å². The molecule has 0 aromatic heterocycles. The first-order chi connectivity index (χ1) is 11.3. The molecule has 0 bridgehead atoms. The third kappa shape index (κ3) is 3.84. The van der Waals surface area contributed by atoms with Crippen LogP contribution in [-0.4, -0.2) is 10.2 Å². The largest absolute Gasteiger partial charge is 0.508 e. The van der Waals surface area contributed by atoms with E-state index < -0.39 is 0 Å². The van der Waals surface area contributed by atoms with Gasteiger partial charge in [-0.15, -0.1) is 0 Å². The van der Waals surface area contributed by atoms with Crippen LogP contribution in [0.25, 0.3) is 0 Å². The fourth-order valence-electron chi connectivity index (χ4n) is 3.96. The Kier molecular flexibility index (Phi) is 4.96. The number of phenols is 2. The van der Waals surface area contributed by atoms with E-state index in [1.807, 2.05) is 24.3 Å². The highest BCUT2D eigenvalue weighted by Crippen LogP contribution is 2.38. The van der Waals surface area contributed by atoms with Crippen molar-refractivity contribution in [3.8, 4) is 11.5 Å². The van der Waals surface area contributed by atoms with Crippen LogP contribution in [0.15, 0.2) is 24.3 Å². The molecule has 2 aromatic carbocycles. The van der Waals surface area contributed by atoms with Gasteiger partial charge in [0.15, 0.2) is 0 Å². The lowest BCUT2D eigenvalue weighted by molar-refractivity contribution is 0.444. The Morgan fingerprint density at radius 3 is 1.24 bits per heavy atom. The predicted molar refractivity (Wildman–Crippen MR) is 106 cm³/mol. The van der Waals surface area contributed by atoms with Crippen LogP contribution in [0, 0.1) is 13.8 Å². The molecule has 2 nitrogen and oxygen atoms in total. The summed E-state index contributed by atoms with van der Waals surface area (Å²) in [6.45, 7) is 17.0. The molecule has 0 aliphatic carbocycles. The van der Waals surface area contributed by atoms with Crippen LogP contribution in [0.5, 0.6) is 11.5 Å². The molecule has 0 fully saturated rings. The van der Waals surface area contributed by atoms with Crippen molar-refractivity contribution >= 4 is 0 Å². The number of hydrogen-bond donors (Lipinski definition) is 2. The molecular formula is C23H32O2. The van der Waals surface area contributed by atoms with Crippen LogP contribution in [0.2, 0.25) is 0 Å². The lowest BCUT2D eigenvalue weighted by Gasteiger charge is -2.26. The Bertz CT molecular complexity index is 720. The van der Waals surface area contributed by atoms with E-state index in [0.29, 0.717) is 11.5 Å². The molecule has 0 heterocycles. The van der Waals surface area contributed by atoms with Crippen molar-refractivity contribution in [2.24, 2.45) is 0 Å². The second-order valence-electron chi connectivity index (χ2n) is 9.16. The first-order valence-electron chi connectivity index (χ1n) is 8.98. The van der Waals surface area contributed by atoms with Gasteiger partial charge >= 0.3 is 0 Å². The van der Waals surface area contributed by atoms with Gasteiger partial charge in [-0.1, -0.05) is 53.7 Å². The quantitative estimate of drug-likeness (QED) is 0.714. The fraction of sp³-hybridized carbons (Fsp3) is 0.478. The summed E-state index contributed by atoms with van der Waals surface area (Å²) in [7, 11) is 0. The highest BCUT2D eigenvalue weighted by atomic mass is 16.3. The highest BCUT2D eigenvalue weighted by molar-refractivity contribution is 5.52. The van der Waals surface area contributed by atoms with Crippen molar-refractivity contribution in [2.75, 3.05) is 0 Å². The van der Waals surface area contributed by atoms with E-state index in [0.717, 1.165) is 28.7 Å². The molecule has 0 unspecified atom stereocenters. The molecule has 0 saturated heterocycles. The van der Waals surface area contributed by atoms with Crippen LogP contribution in [0.1, 0.15) is 74.9 Å². The number of rotatable bonds is 2. The fourth-order valence-corrected chi connectivity index (χ4v) is 3.96. The zero-order valence-corrected chi connectivity index (χ0v) is 16.9. The minimum Gasteiger partial charge on any atom is -0.508 e. The van der Waals surface area contributed by atoms with Crippen molar-refractivity contribution in [1.29, 1.82) is 0 Å². The lowest BCUT2D eigenvalue weighted by Crippen LogP contribution is -2.16. The third-order valence-electron chi connectivity index (χ3n) is 4.99. The normalized spacial score (nSPS) is 12.5. The molecule has 136 valence electrons. The molecule has 2 rings (SSSR count). The van der Waals surface area contributed by atoms with Gasteiger partial charge in [0.25, 0.3) is 0 Å². The van der Waals surface area contributed by atoms with Crippen molar-refractivity contribution < 1.29 is 10.2 Å². The van der Waals surface area contributed by atoms with Gasteiger partial charge in [0.05, 0.1) is 0 Å². The topological polar surface area (TPSA) is 40.5 Å². The number of aromatic hydroxyl groups is 2. The van der Waals surface area contributed by atoms with Gasteiger partial charge < -0.3 is 10.2 Å². The molecule has 2 N–H and O–H groups in total. The number of phenolic OH excluding ortho intramolecular Hbond substituents is 2. The molecule has 0 atom stereocenters. The average molecular weight is 341 g/mol. The summed E-state index contributed by atoms with van der Waals surface area (Å²) in [5, 5.41) is 20.7. The summed E-state index contributed by atoms with van der Waals surface area (Å²) in [6.07, 6.45) is 0.796. The van der Waals surface area contributed by atoms with E-state index in [1.54, 1.807) is 0 Å². The Balaban J connectivity index is 2.56. The van der Waals surface area contributed by atoms with E-state index in [2.05, 4.69) is 55.4 Å². The van der Waals surface area contributed by atoms with Crippen molar-refractivity contribution in [1.82, 2.24) is 0 Å². The van der Waals surface area contributed by atoms with E-state index in [9.17, 15) is 10.2 Å². The van der Waals surface area contributed by atoms with E-state index >= 15 is 0 Å². The van der Waals surface area contributed by atoms with Crippen LogP contribution in [0.3, 0.4) is 0 Å². The first kappa shape index (κ1) is 19.4. The van der Waals surface area contributed by atoms with Crippen LogP contribution >= 0.6 is 0 Å². The molecule has 2 aromatic rings. The Labute approximate surface area is 152 Å². The molecule has 0 amide bonds. The molecule has 0 radical (unpaired) electrons. The summed E-state index contributed by atoms with van der Waals surface area (Å²) in [6, 6.07) is 7.65. The van der Waals surface area contributed by atoms with Gasteiger partial charge in [0, 0.05) is 11.1 Å². The Hall–Kier alpha value is -1.96. The van der Waals surface area contributed by atoms with Gasteiger partial charge in [-0.3, -0.25) is 0 Å². The summed E-state index contributed by atoms with van der Waals surface area (Å²) in [5.41, 5.74) is 6.55. The van der Waals surface area contributed by atoms with Gasteiger partial charge in [0.2, 0.25) is 0 Å². The summed E-state index contributed by atoms with van der Waals surface area (Å²) >= 11 is 0. The average Bonchev–Trinajstić information content (AvgIpc) is 2.41. The molecule has 2 heteroatoms. The van der Waals surface area contributed by atoms with Crippen molar-refractivity contribution in [2.45, 2.75) is 72.6 Å². The summed E-state index contributed by atoms with van der Waals surface area (Å²) < 4.78 is 0. The van der Waals surface area contributed by atoms with Gasteiger partial charge in [-0.2, -0.15) is 0 Å². The standard InChI is InChI=1S/C23H32O2/c1-14-16(9-11-18(24)20(14)22(3,4)5)13-17-10-12-19(25)21(15(17)2)23(6,7)8/h9-12,24-25H,13H2,1-8H3.